The molecule has 14 rings (SSSR count). The van der Waals surface area contributed by atoms with Crippen LogP contribution >= 0.6 is 0 Å². The largest absolute Gasteiger partial charge is 0.309 e. The minimum Gasteiger partial charge on any atom is -0.309 e. The van der Waals surface area contributed by atoms with Gasteiger partial charge in [0, 0.05) is 38.7 Å². The minimum absolute atomic E-state index is 0.539. The Bertz CT molecular complexity index is 3970. The van der Waals surface area contributed by atoms with E-state index < -0.39 is 5.41 Å². The molecule has 1 aromatic heterocycles. The number of aromatic nitrogens is 1. The second kappa shape index (κ2) is 17.8. The van der Waals surface area contributed by atoms with Gasteiger partial charge in [0.2, 0.25) is 0 Å². The van der Waals surface area contributed by atoms with E-state index in [1.807, 2.05) is 0 Å². The number of fused-ring (bicyclic) bond motifs is 7. The summed E-state index contributed by atoms with van der Waals surface area (Å²) in [5, 5.41) is 5.15. The maximum absolute atomic E-state index is 2.63. The van der Waals surface area contributed by atoms with Gasteiger partial charge in [-0.3, -0.25) is 0 Å². The third-order valence-corrected chi connectivity index (χ3v) is 16.3. The van der Waals surface area contributed by atoms with Crippen LogP contribution in [0, 0.1) is 0 Å². The van der Waals surface area contributed by atoms with Crippen molar-refractivity contribution in [1.29, 1.82) is 0 Å². The monoisotopic (exact) mass is 934 g/mol. The molecule has 0 spiro atoms. The molecule has 0 radical (unpaired) electrons. The van der Waals surface area contributed by atoms with E-state index in [4.69, 9.17) is 0 Å². The first-order valence-electron chi connectivity index (χ1n) is 26.2. The maximum Gasteiger partial charge on any atom is 0.0714 e. The number of hydrogen-bond donors (Lipinski definition) is 0. The molecule has 348 valence electrons. The Kier molecular flexibility index (Phi) is 10.5. The van der Waals surface area contributed by atoms with Crippen LogP contribution < -0.4 is 4.90 Å². The Labute approximate surface area is 428 Å². The van der Waals surface area contributed by atoms with Gasteiger partial charge < -0.3 is 9.47 Å². The SMILES string of the molecule is c1ccc(-n2c3ccccc3c3cccc(-c4ccccc4N(c4ccccc4-c4cccc5cccc(C6CCCCC6)c45)c4cccc5c4-c4ccccc4C5(c4ccccc4)c4ccccc4)c32)cc1. The van der Waals surface area contributed by atoms with Gasteiger partial charge >= 0.3 is 0 Å². The van der Waals surface area contributed by atoms with Crippen LogP contribution in [-0.4, -0.2) is 4.57 Å². The fourth-order valence-corrected chi connectivity index (χ4v) is 13.3. The molecule has 2 aliphatic carbocycles. The van der Waals surface area contributed by atoms with Crippen LogP contribution in [-0.2, 0) is 5.41 Å². The molecule has 0 atom stereocenters. The summed E-state index contributed by atoms with van der Waals surface area (Å²) < 4.78 is 2.47. The van der Waals surface area contributed by atoms with Gasteiger partial charge in [0.1, 0.15) is 0 Å². The van der Waals surface area contributed by atoms with Gasteiger partial charge in [-0.1, -0.05) is 244 Å². The quantitative estimate of drug-likeness (QED) is 0.140. The molecule has 0 saturated heterocycles. The van der Waals surface area contributed by atoms with Crippen molar-refractivity contribution in [2.45, 2.75) is 43.4 Å². The zero-order valence-corrected chi connectivity index (χ0v) is 40.8. The molecule has 73 heavy (non-hydrogen) atoms. The van der Waals surface area contributed by atoms with Gasteiger partial charge in [0.25, 0.3) is 0 Å². The Balaban J connectivity index is 1.10. The lowest BCUT2D eigenvalue weighted by Crippen LogP contribution is -2.28. The first-order valence-corrected chi connectivity index (χ1v) is 26.2. The highest BCUT2D eigenvalue weighted by molar-refractivity contribution is 6.15. The zero-order valence-electron chi connectivity index (χ0n) is 40.8. The summed E-state index contributed by atoms with van der Waals surface area (Å²) in [6.45, 7) is 0. The second-order valence-corrected chi connectivity index (χ2v) is 20.1. The maximum atomic E-state index is 2.63. The highest BCUT2D eigenvalue weighted by Crippen LogP contribution is 2.60. The van der Waals surface area contributed by atoms with Crippen molar-refractivity contribution in [1.82, 2.24) is 4.57 Å². The third-order valence-electron chi connectivity index (χ3n) is 16.3. The van der Waals surface area contributed by atoms with Crippen molar-refractivity contribution in [3.05, 3.63) is 289 Å². The van der Waals surface area contributed by atoms with Crippen molar-refractivity contribution >= 4 is 49.6 Å². The fourth-order valence-electron chi connectivity index (χ4n) is 13.3. The number of rotatable bonds is 9. The molecule has 2 heteroatoms. The fraction of sp³-hybridized carbons (Fsp3) is 0.0986. The first-order chi connectivity index (χ1) is 36.3. The van der Waals surface area contributed by atoms with Crippen LogP contribution in [0.1, 0.15) is 65.8 Å². The second-order valence-electron chi connectivity index (χ2n) is 20.1. The van der Waals surface area contributed by atoms with Gasteiger partial charge in [-0.05, 0) is 105 Å². The standard InChI is InChI=1S/C71H54N2/c1-5-25-49(26-6-1)54-39-21-27-50-28-22-40-58(68(50)54)55-35-14-19-46-65(55)73(66-47-20-16-37-57(66)60-42-23-41-59-56-36-15-18-45-64(56)72(70(59)60)53-33-11-4-12-34-53)67-48-24-44-63-69(67)61-38-13-17-43-62(61)71(63,51-29-7-2-8-30-51)52-31-9-3-10-32-52/h2-4,7-24,27-49H,1,5-6,25-26H2. The number of nitrogens with zero attached hydrogens (tertiary/aromatic N) is 2. The zero-order chi connectivity index (χ0) is 48.3. The summed E-state index contributed by atoms with van der Waals surface area (Å²) >= 11 is 0. The normalized spacial score (nSPS) is 14.1. The highest BCUT2D eigenvalue weighted by atomic mass is 15.2. The summed E-state index contributed by atoms with van der Waals surface area (Å²) in [6, 6.07) is 97.7. The molecule has 0 bridgehead atoms. The Hall–Kier alpha value is -8.72. The van der Waals surface area contributed by atoms with Crippen molar-refractivity contribution in [2.75, 3.05) is 4.90 Å². The summed E-state index contributed by atoms with van der Waals surface area (Å²) in [5.41, 5.74) is 20.2. The van der Waals surface area contributed by atoms with Crippen LogP contribution in [0.3, 0.4) is 0 Å². The van der Waals surface area contributed by atoms with E-state index in [9.17, 15) is 0 Å². The van der Waals surface area contributed by atoms with E-state index in [2.05, 4.69) is 270 Å². The van der Waals surface area contributed by atoms with Crippen LogP contribution in [0.5, 0.6) is 0 Å². The van der Waals surface area contributed by atoms with Crippen molar-refractivity contribution in [2.24, 2.45) is 0 Å². The summed E-state index contributed by atoms with van der Waals surface area (Å²) in [5.74, 6) is 0.539. The van der Waals surface area contributed by atoms with E-state index in [0.29, 0.717) is 5.92 Å². The molecule has 0 amide bonds. The van der Waals surface area contributed by atoms with Crippen molar-refractivity contribution in [3.8, 4) is 39.1 Å². The van der Waals surface area contributed by atoms with Crippen molar-refractivity contribution < 1.29 is 0 Å². The lowest BCUT2D eigenvalue weighted by molar-refractivity contribution is 0.445. The molecule has 1 heterocycles. The van der Waals surface area contributed by atoms with Crippen LogP contribution in [0.15, 0.2) is 261 Å². The molecule has 1 saturated carbocycles. The Morgan fingerprint density at radius 3 is 1.60 bits per heavy atom. The van der Waals surface area contributed by atoms with Gasteiger partial charge in [0.05, 0.1) is 33.5 Å². The van der Waals surface area contributed by atoms with Gasteiger partial charge in [-0.25, -0.2) is 0 Å². The van der Waals surface area contributed by atoms with E-state index in [1.54, 1.807) is 0 Å². The molecule has 11 aromatic carbocycles. The van der Waals surface area contributed by atoms with E-state index in [-0.39, 0.29) is 0 Å². The summed E-state index contributed by atoms with van der Waals surface area (Å²) in [4.78, 5) is 2.63. The van der Waals surface area contributed by atoms with Crippen LogP contribution in [0.4, 0.5) is 17.1 Å². The predicted octanol–water partition coefficient (Wildman–Crippen LogP) is 19.2. The summed E-state index contributed by atoms with van der Waals surface area (Å²) in [7, 11) is 0. The van der Waals surface area contributed by atoms with E-state index in [1.165, 1.54) is 120 Å². The van der Waals surface area contributed by atoms with E-state index in [0.717, 1.165) is 28.3 Å². The predicted molar refractivity (Wildman–Crippen MR) is 307 cm³/mol. The lowest BCUT2D eigenvalue weighted by atomic mass is 9.68. The number of hydrogen-bond acceptors (Lipinski definition) is 1. The average Bonchev–Trinajstić information content (AvgIpc) is 3.98. The van der Waals surface area contributed by atoms with Gasteiger partial charge in [-0.2, -0.15) is 0 Å². The minimum atomic E-state index is -0.568. The molecule has 12 aromatic rings. The molecular formula is C71H54N2. The lowest BCUT2D eigenvalue weighted by Gasteiger charge is -2.35. The third kappa shape index (κ3) is 6.78. The topological polar surface area (TPSA) is 8.17 Å². The first kappa shape index (κ1) is 43.1. The van der Waals surface area contributed by atoms with Gasteiger partial charge in [0.15, 0.2) is 0 Å². The number of benzene rings is 11. The summed E-state index contributed by atoms with van der Waals surface area (Å²) in [6.07, 6.45) is 6.37. The van der Waals surface area contributed by atoms with Crippen LogP contribution in [0.2, 0.25) is 0 Å². The van der Waals surface area contributed by atoms with E-state index >= 15 is 0 Å². The molecule has 0 unspecified atom stereocenters. The molecular weight excluding hydrogens is 881 g/mol. The molecule has 2 nitrogen and oxygen atoms in total. The number of anilines is 3. The van der Waals surface area contributed by atoms with Crippen LogP contribution in [0.25, 0.3) is 71.6 Å². The van der Waals surface area contributed by atoms with Crippen molar-refractivity contribution in [3.63, 3.8) is 0 Å². The Morgan fingerprint density at radius 2 is 0.877 bits per heavy atom. The molecule has 0 N–H and O–H groups in total. The van der Waals surface area contributed by atoms with Gasteiger partial charge in [-0.15, -0.1) is 0 Å². The highest BCUT2D eigenvalue weighted by Gasteiger charge is 2.47. The molecule has 0 aliphatic heterocycles. The Morgan fingerprint density at radius 1 is 0.370 bits per heavy atom. The number of para-hydroxylation sites is 5. The molecule has 1 fully saturated rings. The average molecular weight is 935 g/mol. The molecule has 2 aliphatic rings. The smallest absolute Gasteiger partial charge is 0.0714 e.